The van der Waals surface area contributed by atoms with Gasteiger partial charge in [-0.1, -0.05) is 17.7 Å². The molecule has 1 aliphatic heterocycles. The summed E-state index contributed by atoms with van der Waals surface area (Å²) in [5, 5.41) is 0.849. The molecular formula is C13H19ClN2. The molecule has 88 valence electrons. The third kappa shape index (κ3) is 2.18. The maximum absolute atomic E-state index is 6.25. The number of nitrogens with two attached hydrogens (primary N) is 1. The standard InChI is InChI=1S/C13H19ClN2/c1-10-4-3-9-16(10)13-6-2-5-12(14)11(13)7-8-15/h2,5-6,10H,3-4,7-9,15H2,1H3. The molecule has 0 saturated carbocycles. The van der Waals surface area contributed by atoms with Gasteiger partial charge in [0, 0.05) is 23.3 Å². The van der Waals surface area contributed by atoms with Gasteiger partial charge in [0.15, 0.2) is 0 Å². The van der Waals surface area contributed by atoms with Crippen molar-refractivity contribution >= 4 is 17.3 Å². The molecule has 1 atom stereocenters. The first kappa shape index (κ1) is 11.7. The van der Waals surface area contributed by atoms with Crippen LogP contribution in [0.15, 0.2) is 18.2 Å². The lowest BCUT2D eigenvalue weighted by atomic mass is 10.1. The van der Waals surface area contributed by atoms with Gasteiger partial charge in [-0.3, -0.25) is 0 Å². The van der Waals surface area contributed by atoms with Crippen LogP contribution < -0.4 is 10.6 Å². The summed E-state index contributed by atoms with van der Waals surface area (Å²) < 4.78 is 0. The highest BCUT2D eigenvalue weighted by atomic mass is 35.5. The summed E-state index contributed by atoms with van der Waals surface area (Å²) in [5.41, 5.74) is 8.14. The van der Waals surface area contributed by atoms with Crippen molar-refractivity contribution in [2.24, 2.45) is 5.73 Å². The van der Waals surface area contributed by atoms with E-state index in [0.29, 0.717) is 12.6 Å². The third-order valence-corrected chi connectivity index (χ3v) is 3.70. The predicted molar refractivity (Wildman–Crippen MR) is 70.3 cm³/mol. The molecule has 1 aromatic carbocycles. The highest BCUT2D eigenvalue weighted by Crippen LogP contribution is 2.32. The molecule has 3 heteroatoms. The molecule has 1 aliphatic rings. The number of hydrogen-bond acceptors (Lipinski definition) is 2. The van der Waals surface area contributed by atoms with E-state index < -0.39 is 0 Å². The van der Waals surface area contributed by atoms with E-state index in [2.05, 4.69) is 17.9 Å². The van der Waals surface area contributed by atoms with E-state index in [1.165, 1.54) is 24.1 Å². The Morgan fingerprint density at radius 2 is 2.31 bits per heavy atom. The lowest BCUT2D eigenvalue weighted by Gasteiger charge is -2.27. The summed E-state index contributed by atoms with van der Waals surface area (Å²) in [4.78, 5) is 2.46. The van der Waals surface area contributed by atoms with Gasteiger partial charge >= 0.3 is 0 Å². The second-order valence-corrected chi connectivity index (χ2v) is 4.87. The number of anilines is 1. The summed E-state index contributed by atoms with van der Waals surface area (Å²) in [6.07, 6.45) is 3.41. The Hall–Kier alpha value is -0.730. The van der Waals surface area contributed by atoms with Gasteiger partial charge in [-0.15, -0.1) is 0 Å². The molecule has 2 rings (SSSR count). The summed E-state index contributed by atoms with van der Waals surface area (Å²) in [6.45, 7) is 4.07. The maximum Gasteiger partial charge on any atom is 0.0459 e. The molecule has 16 heavy (non-hydrogen) atoms. The van der Waals surface area contributed by atoms with E-state index in [9.17, 15) is 0 Å². The first-order valence-corrected chi connectivity index (χ1v) is 6.36. The van der Waals surface area contributed by atoms with Gasteiger partial charge in [0.2, 0.25) is 0 Å². The molecule has 0 aromatic heterocycles. The second-order valence-electron chi connectivity index (χ2n) is 4.46. The number of nitrogens with zero attached hydrogens (tertiary/aromatic N) is 1. The Balaban J connectivity index is 2.35. The fourth-order valence-corrected chi connectivity index (χ4v) is 2.76. The molecular weight excluding hydrogens is 220 g/mol. The van der Waals surface area contributed by atoms with E-state index >= 15 is 0 Å². The highest BCUT2D eigenvalue weighted by Gasteiger charge is 2.23. The first-order valence-electron chi connectivity index (χ1n) is 5.98. The van der Waals surface area contributed by atoms with Crippen LogP contribution in [-0.2, 0) is 6.42 Å². The zero-order valence-electron chi connectivity index (χ0n) is 9.75. The van der Waals surface area contributed by atoms with E-state index in [1.54, 1.807) is 0 Å². The monoisotopic (exact) mass is 238 g/mol. The van der Waals surface area contributed by atoms with Crippen LogP contribution in [0, 0.1) is 0 Å². The molecule has 2 nitrogen and oxygen atoms in total. The molecule has 1 unspecified atom stereocenters. The summed E-state index contributed by atoms with van der Waals surface area (Å²) >= 11 is 6.25. The van der Waals surface area contributed by atoms with E-state index in [1.807, 2.05) is 12.1 Å². The number of rotatable bonds is 3. The summed E-state index contributed by atoms with van der Waals surface area (Å²) in [5.74, 6) is 0. The molecule has 1 aromatic rings. The van der Waals surface area contributed by atoms with Gasteiger partial charge in [0.25, 0.3) is 0 Å². The number of halogens is 1. The molecule has 0 spiro atoms. The van der Waals surface area contributed by atoms with Gasteiger partial charge in [-0.2, -0.15) is 0 Å². The Bertz CT molecular complexity index is 365. The van der Waals surface area contributed by atoms with Crippen LogP contribution in [0.2, 0.25) is 5.02 Å². The van der Waals surface area contributed by atoms with Crippen molar-refractivity contribution in [2.75, 3.05) is 18.0 Å². The van der Waals surface area contributed by atoms with Gasteiger partial charge in [-0.05, 0) is 50.4 Å². The molecule has 0 amide bonds. The van der Waals surface area contributed by atoms with Crippen LogP contribution >= 0.6 is 11.6 Å². The number of benzene rings is 1. The van der Waals surface area contributed by atoms with Crippen molar-refractivity contribution in [3.8, 4) is 0 Å². The zero-order chi connectivity index (χ0) is 11.5. The van der Waals surface area contributed by atoms with Crippen molar-refractivity contribution in [1.82, 2.24) is 0 Å². The molecule has 1 fully saturated rings. The highest BCUT2D eigenvalue weighted by molar-refractivity contribution is 6.31. The SMILES string of the molecule is CC1CCCN1c1cccc(Cl)c1CCN. The minimum Gasteiger partial charge on any atom is -0.369 e. The second kappa shape index (κ2) is 5.07. The normalized spacial score (nSPS) is 20.4. The van der Waals surface area contributed by atoms with Gasteiger partial charge in [-0.25, -0.2) is 0 Å². The van der Waals surface area contributed by atoms with Crippen LogP contribution in [0.3, 0.4) is 0 Å². The Morgan fingerprint density at radius 1 is 1.50 bits per heavy atom. The molecule has 1 heterocycles. The maximum atomic E-state index is 6.25. The molecule has 2 N–H and O–H groups in total. The van der Waals surface area contributed by atoms with Crippen molar-refractivity contribution in [3.63, 3.8) is 0 Å². The van der Waals surface area contributed by atoms with E-state index in [4.69, 9.17) is 17.3 Å². The quantitative estimate of drug-likeness (QED) is 0.878. The lowest BCUT2D eigenvalue weighted by Crippen LogP contribution is -2.27. The number of hydrogen-bond donors (Lipinski definition) is 1. The van der Waals surface area contributed by atoms with Crippen LogP contribution in [0.25, 0.3) is 0 Å². The van der Waals surface area contributed by atoms with E-state index in [0.717, 1.165) is 18.0 Å². The van der Waals surface area contributed by atoms with Gasteiger partial charge in [0.1, 0.15) is 0 Å². The van der Waals surface area contributed by atoms with Crippen LogP contribution in [-0.4, -0.2) is 19.1 Å². The largest absolute Gasteiger partial charge is 0.369 e. The topological polar surface area (TPSA) is 29.3 Å². The minimum atomic E-state index is 0.620. The van der Waals surface area contributed by atoms with Gasteiger partial charge in [0.05, 0.1) is 0 Å². The summed E-state index contributed by atoms with van der Waals surface area (Å²) in [6, 6.07) is 6.77. The average molecular weight is 239 g/mol. The third-order valence-electron chi connectivity index (χ3n) is 3.35. The minimum absolute atomic E-state index is 0.620. The fourth-order valence-electron chi connectivity index (χ4n) is 2.50. The molecule has 0 aliphatic carbocycles. The molecule has 0 bridgehead atoms. The molecule has 0 radical (unpaired) electrons. The smallest absolute Gasteiger partial charge is 0.0459 e. The molecule has 1 saturated heterocycles. The van der Waals surface area contributed by atoms with Crippen LogP contribution in [0.5, 0.6) is 0 Å². The zero-order valence-corrected chi connectivity index (χ0v) is 10.5. The summed E-state index contributed by atoms with van der Waals surface area (Å²) in [7, 11) is 0. The Labute approximate surface area is 102 Å². The van der Waals surface area contributed by atoms with Crippen LogP contribution in [0.4, 0.5) is 5.69 Å². The van der Waals surface area contributed by atoms with Crippen LogP contribution in [0.1, 0.15) is 25.3 Å². The first-order chi connectivity index (χ1) is 7.74. The predicted octanol–water partition coefficient (Wildman–Crippen LogP) is 2.83. The average Bonchev–Trinajstić information content (AvgIpc) is 2.68. The Kier molecular flexibility index (Phi) is 3.72. The van der Waals surface area contributed by atoms with Crippen molar-refractivity contribution in [1.29, 1.82) is 0 Å². The lowest BCUT2D eigenvalue weighted by molar-refractivity contribution is 0.731. The van der Waals surface area contributed by atoms with Gasteiger partial charge < -0.3 is 10.6 Å². The fraction of sp³-hybridized carbons (Fsp3) is 0.538. The van der Waals surface area contributed by atoms with E-state index in [-0.39, 0.29) is 0 Å². The van der Waals surface area contributed by atoms with Crippen molar-refractivity contribution in [2.45, 2.75) is 32.2 Å². The Morgan fingerprint density at radius 3 is 2.94 bits per heavy atom. The van der Waals surface area contributed by atoms with Crippen molar-refractivity contribution < 1.29 is 0 Å². The van der Waals surface area contributed by atoms with Crippen molar-refractivity contribution in [3.05, 3.63) is 28.8 Å².